The summed E-state index contributed by atoms with van der Waals surface area (Å²) in [6.45, 7) is 26.0. The minimum atomic E-state index is -2.79. The Morgan fingerprint density at radius 2 is 1.18 bits per heavy atom. The molecule has 0 bridgehead atoms. The first-order chi connectivity index (χ1) is 12.4. The van der Waals surface area contributed by atoms with E-state index in [0.717, 1.165) is 12.5 Å². The minimum Gasteiger partial charge on any atom is -0.460 e. The largest absolute Gasteiger partial charge is 0.469 e. The van der Waals surface area contributed by atoms with Crippen LogP contribution < -0.4 is 0 Å². The van der Waals surface area contributed by atoms with E-state index in [1.54, 1.807) is 6.92 Å². The zero-order chi connectivity index (χ0) is 22.2. The Kier molecular flexibility index (Phi) is 11.3. The zero-order valence-electron chi connectivity index (χ0n) is 19.7. The van der Waals surface area contributed by atoms with Crippen molar-refractivity contribution < 1.29 is 26.6 Å². The Bertz CT molecular complexity index is 465. The molecule has 0 aliphatic carbocycles. The van der Waals surface area contributed by atoms with Crippen LogP contribution in [-0.2, 0) is 26.6 Å². The maximum atomic E-state index is 11.4. The van der Waals surface area contributed by atoms with Crippen LogP contribution in [0.25, 0.3) is 0 Å². The van der Waals surface area contributed by atoms with Gasteiger partial charge >= 0.3 is 14.8 Å². The predicted octanol–water partition coefficient (Wildman–Crippen LogP) is 5.01. The number of rotatable bonds is 14. The van der Waals surface area contributed by atoms with Crippen LogP contribution in [0.5, 0.6) is 0 Å². The summed E-state index contributed by atoms with van der Waals surface area (Å²) in [5.41, 5.74) is 0.395. The second kappa shape index (κ2) is 11.3. The highest BCUT2D eigenvalue weighted by Gasteiger charge is 2.49. The van der Waals surface area contributed by atoms with Gasteiger partial charge < -0.3 is 21.8 Å². The van der Waals surface area contributed by atoms with Crippen molar-refractivity contribution in [3.63, 3.8) is 0 Å². The third kappa shape index (κ3) is 14.9. The molecule has 0 aliphatic heterocycles. The quantitative estimate of drug-likeness (QED) is 0.155. The van der Waals surface area contributed by atoms with E-state index in [1.807, 2.05) is 0 Å². The average Bonchev–Trinajstić information content (AvgIpc) is 2.39. The van der Waals surface area contributed by atoms with Gasteiger partial charge in [-0.3, -0.25) is 0 Å². The lowest BCUT2D eigenvalue weighted by atomic mass is 10.4. The van der Waals surface area contributed by atoms with Crippen molar-refractivity contribution >= 4 is 39.7 Å². The monoisotopic (exact) mass is 466 g/mol. The van der Waals surface area contributed by atoms with Gasteiger partial charge in [0.2, 0.25) is 0 Å². The molecular formula is C18H42O6Si4. The van der Waals surface area contributed by atoms with Gasteiger partial charge in [0.1, 0.15) is 6.61 Å². The first kappa shape index (κ1) is 27.9. The molecule has 0 rings (SSSR count). The van der Waals surface area contributed by atoms with Crippen LogP contribution in [-0.4, -0.2) is 59.5 Å². The molecule has 0 spiro atoms. The number of hydrogen-bond acceptors (Lipinski definition) is 6. The zero-order valence-corrected chi connectivity index (χ0v) is 23.7. The molecule has 0 amide bonds. The molecule has 0 aromatic heterocycles. The molecular weight excluding hydrogens is 425 g/mol. The first-order valence-electron chi connectivity index (χ1n) is 9.96. The molecule has 10 heteroatoms. The van der Waals surface area contributed by atoms with E-state index in [4.69, 9.17) is 21.8 Å². The molecule has 0 heterocycles. The van der Waals surface area contributed by atoms with Gasteiger partial charge in [0, 0.05) is 18.2 Å². The molecule has 0 saturated heterocycles. The Labute approximate surface area is 176 Å². The van der Waals surface area contributed by atoms with Crippen LogP contribution in [0.1, 0.15) is 13.3 Å². The summed E-state index contributed by atoms with van der Waals surface area (Å²) in [6, 6.07) is 0.747. The highest BCUT2D eigenvalue weighted by molar-refractivity contribution is 6.90. The third-order valence-electron chi connectivity index (χ3n) is 2.97. The third-order valence-corrected chi connectivity index (χ3v) is 15.0. The highest BCUT2D eigenvalue weighted by atomic mass is 28.5. The van der Waals surface area contributed by atoms with Crippen molar-refractivity contribution in [1.82, 2.24) is 0 Å². The lowest BCUT2D eigenvalue weighted by Gasteiger charge is -2.42. The molecule has 6 nitrogen and oxygen atoms in total. The molecule has 0 saturated carbocycles. The molecule has 166 valence electrons. The fourth-order valence-corrected chi connectivity index (χ4v) is 17.0. The topological polar surface area (TPSA) is 63.2 Å². The average molecular weight is 467 g/mol. The maximum Gasteiger partial charge on any atom is 0.469 e. The van der Waals surface area contributed by atoms with Gasteiger partial charge in [-0.2, -0.15) is 0 Å². The Morgan fingerprint density at radius 1 is 0.750 bits per heavy atom. The standard InChI is InChI=1S/C18H42O6Si4/c1-17(2)18(19)21-15-14-20-13-12-16-28(22-25(3,4)5,23-26(6,7)8)24-27(9,10)11/h1,12-16H2,2-11H3. The summed E-state index contributed by atoms with van der Waals surface area (Å²) in [5.74, 6) is -0.384. The fraction of sp³-hybridized carbons (Fsp3) is 0.833. The van der Waals surface area contributed by atoms with Crippen molar-refractivity contribution in [3.05, 3.63) is 12.2 Å². The first-order valence-corrected chi connectivity index (χ1v) is 22.1. The van der Waals surface area contributed by atoms with Gasteiger partial charge in [0.25, 0.3) is 0 Å². The maximum absolute atomic E-state index is 11.4. The molecule has 0 atom stereocenters. The van der Waals surface area contributed by atoms with Crippen molar-refractivity contribution in [1.29, 1.82) is 0 Å². The van der Waals surface area contributed by atoms with E-state index >= 15 is 0 Å². The van der Waals surface area contributed by atoms with Crippen LogP contribution in [0.15, 0.2) is 12.2 Å². The van der Waals surface area contributed by atoms with Gasteiger partial charge in [0.05, 0.1) is 6.61 Å². The molecule has 0 aliphatic rings. The second-order valence-corrected chi connectivity index (χ2v) is 26.9. The van der Waals surface area contributed by atoms with E-state index in [1.165, 1.54) is 0 Å². The van der Waals surface area contributed by atoms with Gasteiger partial charge in [-0.05, 0) is 72.3 Å². The summed E-state index contributed by atoms with van der Waals surface area (Å²) in [5, 5.41) is 0. The summed E-state index contributed by atoms with van der Waals surface area (Å²) in [4.78, 5) is 11.4. The Balaban J connectivity index is 4.87. The second-order valence-electron chi connectivity index (χ2n) is 9.96. The van der Waals surface area contributed by atoms with Gasteiger partial charge in [-0.15, -0.1) is 0 Å². The van der Waals surface area contributed by atoms with E-state index in [9.17, 15) is 4.79 Å². The van der Waals surface area contributed by atoms with Crippen molar-refractivity contribution in [2.45, 2.75) is 78.3 Å². The van der Waals surface area contributed by atoms with E-state index < -0.39 is 33.8 Å². The lowest BCUT2D eigenvalue weighted by Crippen LogP contribution is -2.60. The lowest BCUT2D eigenvalue weighted by molar-refractivity contribution is -0.140. The normalized spacial score (nSPS) is 13.5. The molecule has 0 aromatic rings. The van der Waals surface area contributed by atoms with Crippen LogP contribution in [0, 0.1) is 0 Å². The molecule has 0 unspecified atom stereocenters. The van der Waals surface area contributed by atoms with Crippen molar-refractivity contribution in [2.24, 2.45) is 0 Å². The van der Waals surface area contributed by atoms with Gasteiger partial charge in [-0.25, -0.2) is 4.79 Å². The van der Waals surface area contributed by atoms with E-state index in [0.29, 0.717) is 18.8 Å². The number of ether oxygens (including phenoxy) is 2. The molecule has 0 fully saturated rings. The molecule has 0 aromatic carbocycles. The van der Waals surface area contributed by atoms with E-state index in [-0.39, 0.29) is 12.6 Å². The van der Waals surface area contributed by atoms with Crippen LogP contribution in [0.4, 0.5) is 0 Å². The molecule has 0 radical (unpaired) electrons. The van der Waals surface area contributed by atoms with Crippen LogP contribution in [0.3, 0.4) is 0 Å². The SMILES string of the molecule is C=C(C)C(=O)OCCOCCC[Si](O[Si](C)(C)C)(O[Si](C)(C)C)O[Si](C)(C)C. The Morgan fingerprint density at radius 3 is 1.54 bits per heavy atom. The summed E-state index contributed by atoms with van der Waals surface area (Å²) in [7, 11) is -8.34. The predicted molar refractivity (Wildman–Crippen MR) is 125 cm³/mol. The highest BCUT2D eigenvalue weighted by Crippen LogP contribution is 2.29. The fourth-order valence-electron chi connectivity index (χ4n) is 2.42. The van der Waals surface area contributed by atoms with E-state index in [2.05, 4.69) is 65.5 Å². The summed E-state index contributed by atoms with van der Waals surface area (Å²) >= 11 is 0. The van der Waals surface area contributed by atoms with Gasteiger partial charge in [0.15, 0.2) is 25.0 Å². The minimum absolute atomic E-state index is 0.233. The summed E-state index contributed by atoms with van der Waals surface area (Å²) < 4.78 is 30.6. The molecule has 28 heavy (non-hydrogen) atoms. The number of carbonyl (C=O) groups excluding carboxylic acids is 1. The van der Waals surface area contributed by atoms with Gasteiger partial charge in [-0.1, -0.05) is 6.58 Å². The Hall–Kier alpha value is -0.0825. The summed E-state index contributed by atoms with van der Waals surface area (Å²) in [6.07, 6.45) is 0.792. The van der Waals surface area contributed by atoms with Crippen LogP contribution >= 0.6 is 0 Å². The molecule has 0 N–H and O–H groups in total. The van der Waals surface area contributed by atoms with Crippen molar-refractivity contribution in [3.8, 4) is 0 Å². The van der Waals surface area contributed by atoms with Crippen LogP contribution in [0.2, 0.25) is 65.0 Å². The smallest absolute Gasteiger partial charge is 0.460 e. The number of hydrogen-bond donors (Lipinski definition) is 0. The number of carbonyl (C=O) groups is 1. The number of esters is 1. The van der Waals surface area contributed by atoms with Crippen molar-refractivity contribution in [2.75, 3.05) is 19.8 Å².